The molecule has 2 N–H and O–H groups in total. The Kier molecular flexibility index (Phi) is 3.07. The summed E-state index contributed by atoms with van der Waals surface area (Å²) < 4.78 is 11.0. The molecule has 0 unspecified atom stereocenters. The second kappa shape index (κ2) is 5.25. The van der Waals surface area contributed by atoms with Crippen molar-refractivity contribution < 1.29 is 9.15 Å². The highest BCUT2D eigenvalue weighted by molar-refractivity contribution is 5.84. The highest BCUT2D eigenvalue weighted by atomic mass is 16.5. The van der Waals surface area contributed by atoms with E-state index in [9.17, 15) is 10.1 Å². The molecule has 2 aromatic heterocycles. The van der Waals surface area contributed by atoms with Crippen molar-refractivity contribution in [3.63, 3.8) is 0 Å². The van der Waals surface area contributed by atoms with E-state index in [-0.39, 0.29) is 11.5 Å². The maximum Gasteiger partial charge on any atom is 0.336 e. The van der Waals surface area contributed by atoms with Gasteiger partial charge in [-0.05, 0) is 35.9 Å². The average molecular weight is 317 g/mol. The van der Waals surface area contributed by atoms with Crippen molar-refractivity contribution in [1.82, 2.24) is 4.98 Å². The molecular weight excluding hydrogens is 306 g/mol. The number of rotatable bonds is 1. The van der Waals surface area contributed by atoms with Crippen LogP contribution in [0.25, 0.3) is 11.0 Å². The van der Waals surface area contributed by atoms with Crippen LogP contribution in [-0.2, 0) is 0 Å². The summed E-state index contributed by atoms with van der Waals surface area (Å²) in [4.78, 5) is 15.7. The van der Waals surface area contributed by atoms with Gasteiger partial charge in [-0.2, -0.15) is 5.26 Å². The standard InChI is InChI=1S/C18H11N3O3/c19-9-12-15(10-5-7-21-8-6-10)16-13(23-18(12)20)3-1-11-2-4-14(22)24-17(11)16/h1-8,15H,20H2/t15-/m0/s1. The first-order valence-electron chi connectivity index (χ1n) is 7.23. The minimum atomic E-state index is -0.490. The zero-order valence-electron chi connectivity index (χ0n) is 12.4. The smallest absolute Gasteiger partial charge is 0.336 e. The number of pyridine rings is 1. The van der Waals surface area contributed by atoms with Crippen LogP contribution < -0.4 is 16.1 Å². The van der Waals surface area contributed by atoms with Gasteiger partial charge >= 0.3 is 5.63 Å². The fourth-order valence-corrected chi connectivity index (χ4v) is 2.97. The van der Waals surface area contributed by atoms with Gasteiger partial charge in [0.15, 0.2) is 0 Å². The average Bonchev–Trinajstić information content (AvgIpc) is 2.61. The third-order valence-corrected chi connectivity index (χ3v) is 4.01. The van der Waals surface area contributed by atoms with E-state index in [4.69, 9.17) is 14.9 Å². The summed E-state index contributed by atoms with van der Waals surface area (Å²) in [5.41, 5.74) is 7.55. The van der Waals surface area contributed by atoms with Gasteiger partial charge in [0, 0.05) is 23.8 Å². The number of fused-ring (bicyclic) bond motifs is 3. The first-order valence-corrected chi connectivity index (χ1v) is 7.23. The number of hydrogen-bond donors (Lipinski definition) is 1. The number of benzene rings is 1. The predicted octanol–water partition coefficient (Wildman–Crippen LogP) is 2.41. The second-order valence-electron chi connectivity index (χ2n) is 5.36. The fraction of sp³-hybridized carbons (Fsp3) is 0.0556. The molecule has 24 heavy (non-hydrogen) atoms. The molecule has 0 spiro atoms. The summed E-state index contributed by atoms with van der Waals surface area (Å²) in [6, 6.07) is 12.3. The maximum atomic E-state index is 11.7. The van der Waals surface area contributed by atoms with Crippen molar-refractivity contribution in [2.24, 2.45) is 5.73 Å². The Morgan fingerprint density at radius 3 is 2.62 bits per heavy atom. The molecule has 6 nitrogen and oxygen atoms in total. The van der Waals surface area contributed by atoms with Crippen LogP contribution in [0.5, 0.6) is 5.75 Å². The molecule has 1 atom stereocenters. The highest BCUT2D eigenvalue weighted by Crippen LogP contribution is 2.45. The van der Waals surface area contributed by atoms with Crippen LogP contribution in [0.15, 0.2) is 69.5 Å². The SMILES string of the molecule is N#CC1=C(N)Oc2ccc3ccc(=O)oc3c2[C@H]1c1ccncc1. The second-order valence-corrected chi connectivity index (χ2v) is 5.36. The molecular formula is C18H11N3O3. The molecule has 0 radical (unpaired) electrons. The molecule has 3 heterocycles. The minimum absolute atomic E-state index is 0.0458. The van der Waals surface area contributed by atoms with Crippen molar-refractivity contribution in [1.29, 1.82) is 5.26 Å². The molecule has 1 aliphatic heterocycles. The van der Waals surface area contributed by atoms with Gasteiger partial charge in [-0.15, -0.1) is 0 Å². The van der Waals surface area contributed by atoms with Crippen LogP contribution >= 0.6 is 0 Å². The van der Waals surface area contributed by atoms with E-state index in [1.54, 1.807) is 42.7 Å². The van der Waals surface area contributed by atoms with Crippen LogP contribution in [0.4, 0.5) is 0 Å². The molecule has 0 amide bonds. The first-order chi connectivity index (χ1) is 11.7. The van der Waals surface area contributed by atoms with Crippen molar-refractivity contribution in [2.75, 3.05) is 0 Å². The zero-order chi connectivity index (χ0) is 16.7. The lowest BCUT2D eigenvalue weighted by Gasteiger charge is -2.26. The lowest BCUT2D eigenvalue weighted by molar-refractivity contribution is 0.392. The van der Waals surface area contributed by atoms with E-state index in [0.717, 1.165) is 10.9 Å². The zero-order valence-corrected chi connectivity index (χ0v) is 12.4. The summed E-state index contributed by atoms with van der Waals surface area (Å²) >= 11 is 0. The van der Waals surface area contributed by atoms with Crippen LogP contribution in [-0.4, -0.2) is 4.98 Å². The Morgan fingerprint density at radius 2 is 1.88 bits per heavy atom. The normalized spacial score (nSPS) is 16.4. The minimum Gasteiger partial charge on any atom is -0.440 e. The van der Waals surface area contributed by atoms with Crippen LogP contribution in [0.1, 0.15) is 17.0 Å². The summed E-state index contributed by atoms with van der Waals surface area (Å²) in [5, 5.41) is 10.3. The Hall–Kier alpha value is -3.59. The maximum absolute atomic E-state index is 11.7. The number of allylic oxidation sites excluding steroid dienone is 1. The van der Waals surface area contributed by atoms with Gasteiger partial charge in [-0.3, -0.25) is 4.98 Å². The van der Waals surface area contributed by atoms with Crippen LogP contribution in [0.3, 0.4) is 0 Å². The van der Waals surface area contributed by atoms with E-state index in [1.165, 1.54) is 6.07 Å². The van der Waals surface area contributed by atoms with Gasteiger partial charge in [-0.1, -0.05) is 0 Å². The monoisotopic (exact) mass is 317 g/mol. The van der Waals surface area contributed by atoms with Crippen LogP contribution in [0.2, 0.25) is 0 Å². The van der Waals surface area contributed by atoms with Gasteiger partial charge in [0.2, 0.25) is 5.88 Å². The topological polar surface area (TPSA) is 102 Å². The molecule has 116 valence electrons. The number of aromatic nitrogens is 1. The number of nitrogens with zero attached hydrogens (tertiary/aromatic N) is 2. The molecule has 0 saturated carbocycles. The van der Waals surface area contributed by atoms with Gasteiger partial charge < -0.3 is 14.9 Å². The quantitative estimate of drug-likeness (QED) is 0.691. The van der Waals surface area contributed by atoms with E-state index in [2.05, 4.69) is 11.1 Å². The fourth-order valence-electron chi connectivity index (χ4n) is 2.97. The Balaban J connectivity index is 2.11. The number of nitriles is 1. The van der Waals surface area contributed by atoms with Crippen molar-refractivity contribution in [3.8, 4) is 11.8 Å². The molecule has 0 aliphatic carbocycles. The molecule has 4 rings (SSSR count). The Labute approximate surface area is 136 Å². The van der Waals surface area contributed by atoms with E-state index in [1.807, 2.05) is 0 Å². The molecule has 0 bridgehead atoms. The lowest BCUT2D eigenvalue weighted by atomic mass is 9.83. The third kappa shape index (κ3) is 2.03. The number of ether oxygens (including phenoxy) is 1. The Bertz CT molecular complexity index is 1080. The Morgan fingerprint density at radius 1 is 1.12 bits per heavy atom. The molecule has 0 fully saturated rings. The van der Waals surface area contributed by atoms with Gasteiger partial charge in [0.05, 0.1) is 11.5 Å². The van der Waals surface area contributed by atoms with Gasteiger partial charge in [0.25, 0.3) is 0 Å². The van der Waals surface area contributed by atoms with Crippen molar-refractivity contribution in [3.05, 3.63) is 81.8 Å². The van der Waals surface area contributed by atoms with Crippen molar-refractivity contribution in [2.45, 2.75) is 5.92 Å². The molecule has 1 aromatic carbocycles. The van der Waals surface area contributed by atoms with Gasteiger partial charge in [0.1, 0.15) is 23.0 Å². The number of nitrogens with two attached hydrogens (primary N) is 1. The molecule has 1 aliphatic rings. The number of hydrogen-bond acceptors (Lipinski definition) is 6. The third-order valence-electron chi connectivity index (χ3n) is 4.01. The van der Waals surface area contributed by atoms with Crippen molar-refractivity contribution >= 4 is 11.0 Å². The summed E-state index contributed by atoms with van der Waals surface area (Å²) in [7, 11) is 0. The summed E-state index contributed by atoms with van der Waals surface area (Å²) in [6.07, 6.45) is 3.27. The van der Waals surface area contributed by atoms with E-state index >= 15 is 0 Å². The molecule has 3 aromatic rings. The predicted molar refractivity (Wildman–Crippen MR) is 86.0 cm³/mol. The lowest BCUT2D eigenvalue weighted by Crippen LogP contribution is -2.21. The molecule has 0 saturated heterocycles. The summed E-state index contributed by atoms with van der Waals surface area (Å²) in [5.74, 6) is 0.0237. The molecule has 6 heteroatoms. The summed E-state index contributed by atoms with van der Waals surface area (Å²) in [6.45, 7) is 0. The van der Waals surface area contributed by atoms with E-state index in [0.29, 0.717) is 16.9 Å². The first kappa shape index (κ1) is 14.0. The van der Waals surface area contributed by atoms with Gasteiger partial charge in [-0.25, -0.2) is 4.79 Å². The van der Waals surface area contributed by atoms with E-state index < -0.39 is 11.5 Å². The largest absolute Gasteiger partial charge is 0.440 e. The highest BCUT2D eigenvalue weighted by Gasteiger charge is 2.33. The van der Waals surface area contributed by atoms with Crippen LogP contribution in [0, 0.1) is 11.3 Å².